The van der Waals surface area contributed by atoms with Crippen molar-refractivity contribution in [3.05, 3.63) is 60.2 Å². The molecule has 3 N–H and O–H groups in total. The molecule has 0 bridgehead atoms. The number of ketones is 1. The van der Waals surface area contributed by atoms with Crippen LogP contribution in [0.25, 0.3) is 11.1 Å². The average molecular weight is 313 g/mol. The lowest BCUT2D eigenvalue weighted by molar-refractivity contribution is -0.139. The Balaban J connectivity index is 2.06. The lowest BCUT2D eigenvalue weighted by Gasteiger charge is -2.13. The van der Waals surface area contributed by atoms with Gasteiger partial charge in [0.05, 0.1) is 6.61 Å². The first-order valence-electron chi connectivity index (χ1n) is 7.37. The van der Waals surface area contributed by atoms with E-state index in [1.165, 1.54) is 0 Å². The largest absolute Gasteiger partial charge is 0.480 e. The van der Waals surface area contributed by atoms with Crippen LogP contribution in [0.1, 0.15) is 16.8 Å². The molecule has 5 heteroatoms. The second-order valence-electron chi connectivity index (χ2n) is 5.14. The number of benzene rings is 2. The number of aliphatic hydroxyl groups is 1. The molecule has 1 atom stereocenters. The second kappa shape index (κ2) is 8.22. The standard InChI is InChI=1S/C18H19NO4/c20-11-10-19-16(18(22)23)12-17(21)15-8-6-14(7-9-15)13-4-2-1-3-5-13/h1-9,16,19-20H,10-12H2,(H,22,23). The zero-order chi connectivity index (χ0) is 16.7. The highest BCUT2D eigenvalue weighted by Gasteiger charge is 2.21. The number of Topliss-reactive ketones (excluding diaryl/α,β-unsaturated/α-hetero) is 1. The summed E-state index contributed by atoms with van der Waals surface area (Å²) in [5, 5.41) is 20.5. The molecule has 23 heavy (non-hydrogen) atoms. The molecule has 0 saturated heterocycles. The Labute approximate surface area is 134 Å². The van der Waals surface area contributed by atoms with Gasteiger partial charge in [0.15, 0.2) is 5.78 Å². The van der Waals surface area contributed by atoms with Crippen molar-refractivity contribution in [1.82, 2.24) is 5.32 Å². The fraction of sp³-hybridized carbons (Fsp3) is 0.222. The van der Waals surface area contributed by atoms with E-state index >= 15 is 0 Å². The maximum Gasteiger partial charge on any atom is 0.321 e. The predicted octanol–water partition coefficient (Wildman–Crippen LogP) is 1.96. The summed E-state index contributed by atoms with van der Waals surface area (Å²) in [5.74, 6) is -1.35. The summed E-state index contributed by atoms with van der Waals surface area (Å²) in [6.07, 6.45) is -0.153. The number of carbonyl (C=O) groups excluding carboxylic acids is 1. The zero-order valence-electron chi connectivity index (χ0n) is 12.6. The van der Waals surface area contributed by atoms with Gasteiger partial charge in [0.25, 0.3) is 0 Å². The smallest absolute Gasteiger partial charge is 0.321 e. The molecule has 5 nitrogen and oxygen atoms in total. The van der Waals surface area contributed by atoms with Crippen molar-refractivity contribution in [2.75, 3.05) is 13.2 Å². The number of carbonyl (C=O) groups is 2. The van der Waals surface area contributed by atoms with Crippen molar-refractivity contribution in [2.24, 2.45) is 0 Å². The number of hydrogen-bond donors (Lipinski definition) is 3. The molecule has 0 amide bonds. The van der Waals surface area contributed by atoms with Gasteiger partial charge in [-0.2, -0.15) is 0 Å². The number of aliphatic carboxylic acids is 1. The third-order valence-corrected chi connectivity index (χ3v) is 3.50. The SMILES string of the molecule is O=C(CC(NCCO)C(=O)O)c1ccc(-c2ccccc2)cc1. The number of carboxylic acid groups (broad SMARTS) is 1. The molecule has 0 heterocycles. The van der Waals surface area contributed by atoms with E-state index in [2.05, 4.69) is 5.32 Å². The molecule has 0 fully saturated rings. The second-order valence-corrected chi connectivity index (χ2v) is 5.14. The Kier molecular flexibility index (Phi) is 6.02. The molecule has 0 aromatic heterocycles. The van der Waals surface area contributed by atoms with Gasteiger partial charge in [-0.15, -0.1) is 0 Å². The van der Waals surface area contributed by atoms with Gasteiger partial charge in [0, 0.05) is 18.5 Å². The van der Waals surface area contributed by atoms with Crippen molar-refractivity contribution in [1.29, 1.82) is 0 Å². The van der Waals surface area contributed by atoms with Crippen LogP contribution >= 0.6 is 0 Å². The molecule has 0 spiro atoms. The van der Waals surface area contributed by atoms with E-state index in [1.807, 2.05) is 42.5 Å². The molecular formula is C18H19NO4. The van der Waals surface area contributed by atoms with Crippen LogP contribution in [0.4, 0.5) is 0 Å². The number of hydrogen-bond acceptors (Lipinski definition) is 4. The topological polar surface area (TPSA) is 86.6 Å². The van der Waals surface area contributed by atoms with Crippen LogP contribution in [-0.2, 0) is 4.79 Å². The van der Waals surface area contributed by atoms with Crippen LogP contribution in [0.2, 0.25) is 0 Å². The maximum atomic E-state index is 12.2. The van der Waals surface area contributed by atoms with Crippen molar-refractivity contribution < 1.29 is 19.8 Å². The maximum absolute atomic E-state index is 12.2. The molecular weight excluding hydrogens is 294 g/mol. The number of rotatable bonds is 8. The van der Waals surface area contributed by atoms with E-state index in [1.54, 1.807) is 12.1 Å². The van der Waals surface area contributed by atoms with Crippen LogP contribution in [-0.4, -0.2) is 41.2 Å². The van der Waals surface area contributed by atoms with Gasteiger partial charge in [0.2, 0.25) is 0 Å². The highest BCUT2D eigenvalue weighted by Crippen LogP contribution is 2.19. The van der Waals surface area contributed by atoms with Crippen LogP contribution in [0.3, 0.4) is 0 Å². The Morgan fingerprint density at radius 1 is 0.957 bits per heavy atom. The van der Waals surface area contributed by atoms with Crippen LogP contribution in [0, 0.1) is 0 Å². The molecule has 2 rings (SSSR count). The molecule has 0 aliphatic heterocycles. The minimum atomic E-state index is -1.10. The normalized spacial score (nSPS) is 11.9. The fourth-order valence-electron chi connectivity index (χ4n) is 2.27. The van der Waals surface area contributed by atoms with E-state index < -0.39 is 12.0 Å². The minimum Gasteiger partial charge on any atom is -0.480 e. The summed E-state index contributed by atoms with van der Waals surface area (Å²) in [5.41, 5.74) is 2.52. The van der Waals surface area contributed by atoms with Crippen molar-refractivity contribution in [3.8, 4) is 11.1 Å². The first-order valence-corrected chi connectivity index (χ1v) is 7.37. The molecule has 0 aliphatic rings. The van der Waals surface area contributed by atoms with Crippen molar-refractivity contribution in [3.63, 3.8) is 0 Å². The summed E-state index contributed by atoms with van der Waals surface area (Å²) in [6, 6.07) is 15.9. The summed E-state index contributed by atoms with van der Waals surface area (Å²) >= 11 is 0. The minimum absolute atomic E-state index is 0.136. The highest BCUT2D eigenvalue weighted by molar-refractivity contribution is 5.99. The van der Waals surface area contributed by atoms with Crippen LogP contribution in [0.15, 0.2) is 54.6 Å². The molecule has 2 aromatic carbocycles. The Hall–Kier alpha value is -2.50. The van der Waals surface area contributed by atoms with Crippen molar-refractivity contribution >= 4 is 11.8 Å². The first kappa shape index (κ1) is 16.9. The highest BCUT2D eigenvalue weighted by atomic mass is 16.4. The average Bonchev–Trinajstić information content (AvgIpc) is 2.59. The zero-order valence-corrected chi connectivity index (χ0v) is 12.6. The van der Waals surface area contributed by atoms with Gasteiger partial charge in [-0.25, -0.2) is 0 Å². The summed E-state index contributed by atoms with van der Waals surface area (Å²) < 4.78 is 0. The van der Waals surface area contributed by atoms with Gasteiger partial charge in [-0.05, 0) is 11.1 Å². The molecule has 0 saturated carbocycles. The van der Waals surface area contributed by atoms with Crippen molar-refractivity contribution in [2.45, 2.75) is 12.5 Å². The number of nitrogens with one attached hydrogen (secondary N) is 1. The van der Waals surface area contributed by atoms with Crippen LogP contribution < -0.4 is 5.32 Å². The van der Waals surface area contributed by atoms with E-state index in [-0.39, 0.29) is 25.4 Å². The van der Waals surface area contributed by atoms with Gasteiger partial charge in [-0.1, -0.05) is 54.6 Å². The summed E-state index contributed by atoms with van der Waals surface area (Å²) in [4.78, 5) is 23.3. The molecule has 2 aromatic rings. The molecule has 0 radical (unpaired) electrons. The van der Waals surface area contributed by atoms with Gasteiger partial charge >= 0.3 is 5.97 Å². The number of aliphatic hydroxyl groups excluding tert-OH is 1. The Bertz CT molecular complexity index is 652. The Morgan fingerprint density at radius 2 is 1.57 bits per heavy atom. The lowest BCUT2D eigenvalue weighted by atomic mass is 9.99. The predicted molar refractivity (Wildman–Crippen MR) is 87.3 cm³/mol. The van der Waals surface area contributed by atoms with Gasteiger partial charge < -0.3 is 15.5 Å². The van der Waals surface area contributed by atoms with E-state index in [4.69, 9.17) is 10.2 Å². The van der Waals surface area contributed by atoms with E-state index in [9.17, 15) is 9.59 Å². The third-order valence-electron chi connectivity index (χ3n) is 3.50. The molecule has 1 unspecified atom stereocenters. The van der Waals surface area contributed by atoms with Gasteiger partial charge in [0.1, 0.15) is 6.04 Å². The van der Waals surface area contributed by atoms with Crippen LogP contribution in [0.5, 0.6) is 0 Å². The molecule has 120 valence electrons. The summed E-state index contributed by atoms with van der Waals surface area (Å²) in [7, 11) is 0. The number of carboxylic acids is 1. The molecule has 0 aliphatic carbocycles. The monoisotopic (exact) mass is 313 g/mol. The first-order chi connectivity index (χ1) is 11.1. The van der Waals surface area contributed by atoms with Gasteiger partial charge in [-0.3, -0.25) is 9.59 Å². The van der Waals surface area contributed by atoms with E-state index in [0.29, 0.717) is 5.56 Å². The Morgan fingerprint density at radius 3 is 2.13 bits per heavy atom. The third kappa shape index (κ3) is 4.74. The fourth-order valence-corrected chi connectivity index (χ4v) is 2.27. The summed E-state index contributed by atoms with van der Waals surface area (Å²) in [6.45, 7) is -0.0407. The lowest BCUT2D eigenvalue weighted by Crippen LogP contribution is -2.39. The van der Waals surface area contributed by atoms with E-state index in [0.717, 1.165) is 11.1 Å². The quantitative estimate of drug-likeness (QED) is 0.649.